The SMILES string of the molecule is NNc1cc(Oc2ccc3c(c2)CCCC3)nc(N)n1. The Kier molecular flexibility index (Phi) is 3.39. The van der Waals surface area contributed by atoms with Crippen LogP contribution in [-0.4, -0.2) is 9.97 Å². The van der Waals surface area contributed by atoms with Crippen LogP contribution in [0.15, 0.2) is 24.3 Å². The van der Waals surface area contributed by atoms with Gasteiger partial charge in [-0.3, -0.25) is 0 Å². The molecule has 0 amide bonds. The van der Waals surface area contributed by atoms with Gasteiger partial charge in [0.15, 0.2) is 0 Å². The minimum Gasteiger partial charge on any atom is -0.439 e. The smallest absolute Gasteiger partial charge is 0.226 e. The maximum absolute atomic E-state index is 5.74. The summed E-state index contributed by atoms with van der Waals surface area (Å²) in [5.41, 5.74) is 10.8. The second-order valence-corrected chi connectivity index (χ2v) is 4.83. The van der Waals surface area contributed by atoms with Gasteiger partial charge in [-0.2, -0.15) is 9.97 Å². The minimum absolute atomic E-state index is 0.119. The molecule has 6 heteroatoms. The molecule has 0 unspecified atom stereocenters. The standard InChI is InChI=1S/C14H17N5O/c15-14-17-12(19-16)8-13(18-14)20-11-6-5-9-3-1-2-4-10(9)7-11/h5-8H,1-4,16H2,(H3,15,17,18,19). The molecule has 3 rings (SSSR count). The minimum atomic E-state index is 0.119. The molecule has 5 N–H and O–H groups in total. The van der Waals surface area contributed by atoms with E-state index in [2.05, 4.69) is 27.5 Å². The van der Waals surface area contributed by atoms with Gasteiger partial charge in [0.25, 0.3) is 0 Å². The molecule has 6 nitrogen and oxygen atoms in total. The Morgan fingerprint density at radius 2 is 1.85 bits per heavy atom. The molecule has 1 aliphatic rings. The first-order valence-corrected chi connectivity index (χ1v) is 6.65. The Bertz CT molecular complexity index is 629. The van der Waals surface area contributed by atoms with E-state index >= 15 is 0 Å². The molecular weight excluding hydrogens is 254 g/mol. The normalized spacial score (nSPS) is 13.7. The number of rotatable bonds is 3. The van der Waals surface area contributed by atoms with E-state index in [9.17, 15) is 0 Å². The van der Waals surface area contributed by atoms with E-state index in [1.165, 1.54) is 24.0 Å². The predicted octanol–water partition coefficient (Wildman–Crippen LogP) is 2.02. The number of nitrogen functional groups attached to an aromatic ring is 2. The number of ether oxygens (including phenoxy) is 1. The van der Waals surface area contributed by atoms with Gasteiger partial charge in [0.05, 0.1) is 0 Å². The third-order valence-corrected chi connectivity index (χ3v) is 3.41. The Morgan fingerprint density at radius 1 is 1.05 bits per heavy atom. The number of anilines is 2. The van der Waals surface area contributed by atoms with E-state index in [0.29, 0.717) is 11.7 Å². The Morgan fingerprint density at radius 3 is 2.65 bits per heavy atom. The van der Waals surface area contributed by atoms with Gasteiger partial charge in [0.1, 0.15) is 11.6 Å². The van der Waals surface area contributed by atoms with Crippen LogP contribution in [0, 0.1) is 0 Å². The molecule has 0 atom stereocenters. The molecule has 0 fully saturated rings. The molecule has 0 spiro atoms. The zero-order valence-corrected chi connectivity index (χ0v) is 11.1. The highest BCUT2D eigenvalue weighted by Crippen LogP contribution is 2.28. The fourth-order valence-corrected chi connectivity index (χ4v) is 2.46. The third-order valence-electron chi connectivity index (χ3n) is 3.41. The number of nitrogens with two attached hydrogens (primary N) is 2. The number of nitrogens with zero attached hydrogens (tertiary/aromatic N) is 2. The van der Waals surface area contributed by atoms with Crippen molar-refractivity contribution in [1.82, 2.24) is 9.97 Å². The molecule has 1 aliphatic carbocycles. The molecule has 1 aromatic heterocycles. The lowest BCUT2D eigenvalue weighted by Crippen LogP contribution is -2.10. The number of hydrazine groups is 1. The average molecular weight is 271 g/mol. The molecule has 0 saturated heterocycles. The van der Waals surface area contributed by atoms with E-state index in [1.807, 2.05) is 6.07 Å². The number of hydrogen-bond donors (Lipinski definition) is 3. The maximum Gasteiger partial charge on any atom is 0.226 e. The molecule has 104 valence electrons. The highest BCUT2D eigenvalue weighted by atomic mass is 16.5. The van der Waals surface area contributed by atoms with Crippen LogP contribution >= 0.6 is 0 Å². The Labute approximate surface area is 117 Å². The largest absolute Gasteiger partial charge is 0.439 e. The van der Waals surface area contributed by atoms with E-state index < -0.39 is 0 Å². The van der Waals surface area contributed by atoms with Gasteiger partial charge < -0.3 is 15.9 Å². The second-order valence-electron chi connectivity index (χ2n) is 4.83. The van der Waals surface area contributed by atoms with Crippen LogP contribution in [-0.2, 0) is 12.8 Å². The highest BCUT2D eigenvalue weighted by Gasteiger charge is 2.11. The fraction of sp³-hybridized carbons (Fsp3) is 0.286. The van der Waals surface area contributed by atoms with Crippen LogP contribution in [0.2, 0.25) is 0 Å². The molecule has 2 aromatic rings. The van der Waals surface area contributed by atoms with E-state index in [0.717, 1.165) is 18.6 Å². The number of fused-ring (bicyclic) bond motifs is 1. The van der Waals surface area contributed by atoms with Gasteiger partial charge in [-0.25, -0.2) is 5.84 Å². The summed E-state index contributed by atoms with van der Waals surface area (Å²) in [6.45, 7) is 0. The average Bonchev–Trinajstić information content (AvgIpc) is 2.46. The lowest BCUT2D eigenvalue weighted by Gasteiger charge is -2.16. The summed E-state index contributed by atoms with van der Waals surface area (Å²) in [7, 11) is 0. The first-order valence-electron chi connectivity index (χ1n) is 6.65. The van der Waals surface area contributed by atoms with Crippen molar-refractivity contribution >= 4 is 11.8 Å². The maximum atomic E-state index is 5.74. The lowest BCUT2D eigenvalue weighted by molar-refractivity contribution is 0.461. The summed E-state index contributed by atoms with van der Waals surface area (Å²) in [4.78, 5) is 7.95. The van der Waals surface area contributed by atoms with Gasteiger partial charge in [-0.05, 0) is 48.9 Å². The first-order chi connectivity index (χ1) is 9.74. The van der Waals surface area contributed by atoms with Gasteiger partial charge in [-0.1, -0.05) is 6.07 Å². The van der Waals surface area contributed by atoms with Crippen molar-refractivity contribution < 1.29 is 4.74 Å². The van der Waals surface area contributed by atoms with Crippen LogP contribution in [0.1, 0.15) is 24.0 Å². The summed E-state index contributed by atoms with van der Waals surface area (Å²) in [5, 5.41) is 0. The number of aromatic nitrogens is 2. The zero-order chi connectivity index (χ0) is 13.9. The van der Waals surface area contributed by atoms with Crippen LogP contribution in [0.5, 0.6) is 11.6 Å². The molecular formula is C14H17N5O. The molecule has 1 heterocycles. The van der Waals surface area contributed by atoms with Gasteiger partial charge in [-0.15, -0.1) is 0 Å². The molecule has 1 aromatic carbocycles. The molecule has 0 radical (unpaired) electrons. The van der Waals surface area contributed by atoms with Crippen molar-refractivity contribution in [1.29, 1.82) is 0 Å². The topological polar surface area (TPSA) is 99.1 Å². The predicted molar refractivity (Wildman–Crippen MR) is 77.4 cm³/mol. The first kappa shape index (κ1) is 12.7. The van der Waals surface area contributed by atoms with E-state index in [-0.39, 0.29) is 5.95 Å². The van der Waals surface area contributed by atoms with Crippen molar-refractivity contribution in [2.45, 2.75) is 25.7 Å². The van der Waals surface area contributed by atoms with Gasteiger partial charge in [0, 0.05) is 6.07 Å². The van der Waals surface area contributed by atoms with Crippen molar-refractivity contribution in [2.24, 2.45) is 5.84 Å². The molecule has 0 aliphatic heterocycles. The Balaban J connectivity index is 1.85. The monoisotopic (exact) mass is 271 g/mol. The van der Waals surface area contributed by atoms with E-state index in [4.69, 9.17) is 16.3 Å². The molecule has 0 saturated carbocycles. The van der Waals surface area contributed by atoms with Gasteiger partial charge in [0.2, 0.25) is 11.8 Å². The number of benzene rings is 1. The fourth-order valence-electron chi connectivity index (χ4n) is 2.46. The van der Waals surface area contributed by atoms with Crippen molar-refractivity contribution in [3.05, 3.63) is 35.4 Å². The Hall–Kier alpha value is -2.34. The number of nitrogens with one attached hydrogen (secondary N) is 1. The summed E-state index contributed by atoms with van der Waals surface area (Å²) in [6.07, 6.45) is 4.75. The van der Waals surface area contributed by atoms with Crippen LogP contribution in [0.4, 0.5) is 11.8 Å². The second kappa shape index (κ2) is 5.34. The van der Waals surface area contributed by atoms with Crippen LogP contribution in [0.3, 0.4) is 0 Å². The highest BCUT2D eigenvalue weighted by molar-refractivity contribution is 5.44. The molecule has 0 bridgehead atoms. The zero-order valence-electron chi connectivity index (χ0n) is 11.1. The summed E-state index contributed by atoms with van der Waals surface area (Å²) < 4.78 is 5.74. The van der Waals surface area contributed by atoms with Crippen molar-refractivity contribution in [3.8, 4) is 11.6 Å². The number of hydrogen-bond acceptors (Lipinski definition) is 6. The van der Waals surface area contributed by atoms with Crippen molar-refractivity contribution in [2.75, 3.05) is 11.2 Å². The summed E-state index contributed by atoms with van der Waals surface area (Å²) in [6, 6.07) is 7.76. The summed E-state index contributed by atoms with van der Waals surface area (Å²) >= 11 is 0. The van der Waals surface area contributed by atoms with Crippen LogP contribution in [0.25, 0.3) is 0 Å². The molecule has 20 heavy (non-hydrogen) atoms. The van der Waals surface area contributed by atoms with Gasteiger partial charge >= 0.3 is 0 Å². The van der Waals surface area contributed by atoms with Crippen LogP contribution < -0.4 is 21.7 Å². The quantitative estimate of drug-likeness (QED) is 0.583. The number of aryl methyl sites for hydroxylation is 2. The lowest BCUT2D eigenvalue weighted by atomic mass is 9.92. The summed E-state index contributed by atoms with van der Waals surface area (Å²) in [5.74, 6) is 6.99. The van der Waals surface area contributed by atoms with Crippen molar-refractivity contribution in [3.63, 3.8) is 0 Å². The third kappa shape index (κ3) is 2.65. The van der Waals surface area contributed by atoms with E-state index in [1.54, 1.807) is 6.07 Å².